The first-order valence-electron chi connectivity index (χ1n) is 12.8. The number of nitrogens with zero attached hydrogens (tertiary/aromatic N) is 1. The van der Waals surface area contributed by atoms with E-state index in [-0.39, 0.29) is 0 Å². The predicted molar refractivity (Wildman–Crippen MR) is 153 cm³/mol. The maximum atomic E-state index is 11.3. The Bertz CT molecular complexity index is 1420. The monoisotopic (exact) mass is 540 g/mol. The highest BCUT2D eigenvalue weighted by atomic mass is 16.5. The number of hydroxylamine groups is 2. The minimum atomic E-state index is -0.580. The Balaban J connectivity index is 1.50. The molecule has 3 aromatic carbocycles. The summed E-state index contributed by atoms with van der Waals surface area (Å²) in [5.41, 5.74) is 9.40. The van der Waals surface area contributed by atoms with Crippen molar-refractivity contribution in [1.82, 2.24) is 20.8 Å². The fraction of sp³-hybridized carbons (Fsp3) is 0.161. The summed E-state index contributed by atoms with van der Waals surface area (Å²) >= 11 is 0. The molecule has 0 aliphatic heterocycles. The molecule has 40 heavy (non-hydrogen) atoms. The van der Waals surface area contributed by atoms with Crippen molar-refractivity contribution in [3.05, 3.63) is 113 Å². The van der Waals surface area contributed by atoms with Crippen LogP contribution < -0.4 is 15.7 Å². The second kappa shape index (κ2) is 13.9. The van der Waals surface area contributed by atoms with Gasteiger partial charge in [-0.3, -0.25) is 24.9 Å². The number of carbonyl (C=O) groups excluding carboxylic acids is 2. The molecule has 9 nitrogen and oxygen atoms in total. The number of aromatic nitrogens is 1. The number of hydrogen-bond acceptors (Lipinski definition) is 6. The number of H-pyrrole nitrogens is 1. The van der Waals surface area contributed by atoms with Crippen LogP contribution in [-0.4, -0.2) is 45.8 Å². The average molecular weight is 541 g/mol. The van der Waals surface area contributed by atoms with E-state index in [2.05, 4.69) is 22.1 Å². The van der Waals surface area contributed by atoms with Crippen molar-refractivity contribution in [2.45, 2.75) is 19.5 Å². The smallest absolute Gasteiger partial charge is 0.267 e. The third-order valence-electron chi connectivity index (χ3n) is 6.52. The molecule has 206 valence electrons. The van der Waals surface area contributed by atoms with E-state index >= 15 is 0 Å². The molecule has 0 bridgehead atoms. The average Bonchev–Trinajstić information content (AvgIpc) is 3.40. The van der Waals surface area contributed by atoms with E-state index in [4.69, 9.17) is 15.2 Å². The molecule has 1 heterocycles. The van der Waals surface area contributed by atoms with Gasteiger partial charge in [0.2, 0.25) is 0 Å². The molecule has 9 heteroatoms. The van der Waals surface area contributed by atoms with Crippen LogP contribution in [0.3, 0.4) is 0 Å². The van der Waals surface area contributed by atoms with Crippen molar-refractivity contribution in [1.29, 1.82) is 0 Å². The molecule has 0 fully saturated rings. The second-order valence-corrected chi connectivity index (χ2v) is 9.29. The number of ether oxygens (including phenoxy) is 1. The number of rotatable bonds is 12. The second-order valence-electron chi connectivity index (χ2n) is 9.29. The van der Waals surface area contributed by atoms with Crippen LogP contribution >= 0.6 is 0 Å². The van der Waals surface area contributed by atoms with Gasteiger partial charge in [0.1, 0.15) is 5.75 Å². The molecule has 0 saturated carbocycles. The summed E-state index contributed by atoms with van der Waals surface area (Å²) in [6.45, 7) is 2.23. The number of carbonyl (C=O) groups is 2. The van der Waals surface area contributed by atoms with Gasteiger partial charge < -0.3 is 9.72 Å². The highest BCUT2D eigenvalue weighted by Crippen LogP contribution is 2.24. The number of fused-ring (bicyclic) bond motifs is 1. The van der Waals surface area contributed by atoms with E-state index in [9.17, 15) is 9.59 Å². The number of methoxy groups -OCH3 is 1. The van der Waals surface area contributed by atoms with Crippen LogP contribution in [0.1, 0.15) is 27.8 Å². The molecular formula is C31H32N4O5. The summed E-state index contributed by atoms with van der Waals surface area (Å²) in [5.74, 6) is -0.340. The van der Waals surface area contributed by atoms with Crippen molar-refractivity contribution < 1.29 is 24.7 Å². The molecular weight excluding hydrogens is 508 g/mol. The van der Waals surface area contributed by atoms with Gasteiger partial charge in [0.05, 0.1) is 7.11 Å². The van der Waals surface area contributed by atoms with Crippen LogP contribution in [0.2, 0.25) is 0 Å². The predicted octanol–water partition coefficient (Wildman–Crippen LogP) is 4.46. The van der Waals surface area contributed by atoms with E-state index in [1.807, 2.05) is 60.7 Å². The van der Waals surface area contributed by atoms with Crippen LogP contribution in [0.25, 0.3) is 23.1 Å². The zero-order valence-electron chi connectivity index (χ0n) is 22.1. The molecule has 4 rings (SSSR count). The molecule has 0 aliphatic carbocycles. The molecule has 2 amide bonds. The van der Waals surface area contributed by atoms with Gasteiger partial charge in [-0.05, 0) is 64.6 Å². The van der Waals surface area contributed by atoms with Gasteiger partial charge in [0.15, 0.2) is 0 Å². The summed E-state index contributed by atoms with van der Waals surface area (Å²) in [7, 11) is 1.67. The van der Waals surface area contributed by atoms with Crippen LogP contribution in [0, 0.1) is 0 Å². The summed E-state index contributed by atoms with van der Waals surface area (Å²) in [5, 5.41) is 18.5. The van der Waals surface area contributed by atoms with E-state index in [0.717, 1.165) is 51.9 Å². The van der Waals surface area contributed by atoms with E-state index in [1.54, 1.807) is 30.2 Å². The lowest BCUT2D eigenvalue weighted by atomic mass is 10.1. The van der Waals surface area contributed by atoms with Crippen molar-refractivity contribution in [2.24, 2.45) is 0 Å². The lowest BCUT2D eigenvalue weighted by molar-refractivity contribution is -0.124. The standard InChI is InChI=1S/C31H32N4O5/c1-40-27-12-13-29-28(18-27)26(19-32-29)16-17-35(20-24-6-2-22(3-7-24)10-14-30(36)33-38)21-25-8-4-23(5-9-25)11-15-31(37)34-39/h2-15,18-19,32,38-39H,16-17,20-21H2,1H3,(H,33,36)(H,34,37)/b14-10+,15-11+. The molecule has 0 unspecified atom stereocenters. The van der Waals surface area contributed by atoms with Crippen molar-refractivity contribution in [2.75, 3.05) is 13.7 Å². The van der Waals surface area contributed by atoms with Crippen molar-refractivity contribution >= 4 is 34.9 Å². The molecule has 0 saturated heterocycles. The Labute approximate surface area is 232 Å². The fourth-order valence-corrected chi connectivity index (χ4v) is 4.39. The Hall–Kier alpha value is -4.70. The Kier molecular flexibility index (Phi) is 9.84. The van der Waals surface area contributed by atoms with Crippen molar-refractivity contribution in [3.63, 3.8) is 0 Å². The van der Waals surface area contributed by atoms with Gasteiger partial charge in [-0.2, -0.15) is 0 Å². The quantitative estimate of drug-likeness (QED) is 0.103. The van der Waals surface area contributed by atoms with Gasteiger partial charge >= 0.3 is 0 Å². The number of aromatic amines is 1. The van der Waals surface area contributed by atoms with Crippen LogP contribution in [0.4, 0.5) is 0 Å². The molecule has 0 radical (unpaired) electrons. The SMILES string of the molecule is COc1ccc2[nH]cc(CCN(Cc3ccc(/C=C/C(=O)NO)cc3)Cc3ccc(/C=C/C(=O)NO)cc3)c2c1. The van der Waals surface area contributed by atoms with Gasteiger partial charge in [-0.25, -0.2) is 11.0 Å². The zero-order chi connectivity index (χ0) is 28.3. The summed E-state index contributed by atoms with van der Waals surface area (Å²) in [4.78, 5) is 28.2. The Morgan fingerprint density at radius 2 is 1.40 bits per heavy atom. The summed E-state index contributed by atoms with van der Waals surface area (Å²) in [6.07, 6.45) is 8.70. The highest BCUT2D eigenvalue weighted by Gasteiger charge is 2.11. The lowest BCUT2D eigenvalue weighted by Gasteiger charge is -2.23. The van der Waals surface area contributed by atoms with E-state index in [0.29, 0.717) is 13.1 Å². The number of hydrogen-bond donors (Lipinski definition) is 5. The number of benzene rings is 3. The molecule has 0 aliphatic rings. The van der Waals surface area contributed by atoms with Crippen molar-refractivity contribution in [3.8, 4) is 5.75 Å². The molecule has 5 N–H and O–H groups in total. The fourth-order valence-electron chi connectivity index (χ4n) is 4.39. The topological polar surface area (TPSA) is 127 Å². The third kappa shape index (κ3) is 7.90. The maximum absolute atomic E-state index is 11.3. The first-order valence-corrected chi connectivity index (χ1v) is 12.8. The number of nitrogens with one attached hydrogen (secondary N) is 3. The minimum absolute atomic E-state index is 0.580. The van der Waals surface area contributed by atoms with Gasteiger partial charge in [-0.1, -0.05) is 48.5 Å². The Morgan fingerprint density at radius 1 is 0.850 bits per heavy atom. The van der Waals surface area contributed by atoms with Crippen LogP contribution in [0.15, 0.2) is 85.1 Å². The maximum Gasteiger partial charge on any atom is 0.267 e. The zero-order valence-corrected chi connectivity index (χ0v) is 22.1. The Morgan fingerprint density at radius 3 is 1.90 bits per heavy atom. The summed E-state index contributed by atoms with van der Waals surface area (Å²) in [6, 6.07) is 21.9. The molecule has 0 spiro atoms. The van der Waals surface area contributed by atoms with Gasteiger partial charge in [-0.15, -0.1) is 0 Å². The third-order valence-corrected chi connectivity index (χ3v) is 6.52. The van der Waals surface area contributed by atoms with E-state index < -0.39 is 11.8 Å². The first-order chi connectivity index (χ1) is 19.5. The molecule has 0 atom stereocenters. The highest BCUT2D eigenvalue weighted by molar-refractivity contribution is 5.91. The molecule has 1 aromatic heterocycles. The number of amides is 2. The first kappa shape index (κ1) is 28.3. The molecule has 4 aromatic rings. The van der Waals surface area contributed by atoms with E-state index in [1.165, 1.54) is 17.7 Å². The van der Waals surface area contributed by atoms with Gasteiger partial charge in [0, 0.05) is 48.9 Å². The summed E-state index contributed by atoms with van der Waals surface area (Å²) < 4.78 is 5.42. The van der Waals surface area contributed by atoms with Crippen LogP contribution in [-0.2, 0) is 29.1 Å². The van der Waals surface area contributed by atoms with Gasteiger partial charge in [0.25, 0.3) is 11.8 Å². The largest absolute Gasteiger partial charge is 0.497 e. The van der Waals surface area contributed by atoms with Crippen LogP contribution in [0.5, 0.6) is 5.75 Å². The lowest BCUT2D eigenvalue weighted by Crippen LogP contribution is -2.25. The normalized spacial score (nSPS) is 11.5. The minimum Gasteiger partial charge on any atom is -0.497 e.